The second-order valence-electron chi connectivity index (χ2n) is 12.9. The predicted octanol–water partition coefficient (Wildman–Crippen LogP) is 6.07. The summed E-state index contributed by atoms with van der Waals surface area (Å²) in [5, 5.41) is 4.74. The third-order valence-electron chi connectivity index (χ3n) is 9.13. The summed E-state index contributed by atoms with van der Waals surface area (Å²) in [5.74, 6) is 1.34. The molecule has 1 aliphatic carbocycles. The Morgan fingerprint density at radius 3 is 2.49 bits per heavy atom. The molecule has 0 radical (unpaired) electrons. The molecule has 0 atom stereocenters. The highest BCUT2D eigenvalue weighted by atomic mass is 28.4. The van der Waals surface area contributed by atoms with Gasteiger partial charge in [0.25, 0.3) is 5.91 Å². The van der Waals surface area contributed by atoms with Crippen LogP contribution in [0.15, 0.2) is 61.2 Å². The van der Waals surface area contributed by atoms with E-state index < -0.39 is 8.32 Å². The molecule has 0 saturated heterocycles. The van der Waals surface area contributed by atoms with E-state index in [-0.39, 0.29) is 10.9 Å². The molecular weight excluding hydrogens is 556 g/mol. The van der Waals surface area contributed by atoms with Gasteiger partial charge in [0.2, 0.25) is 0 Å². The molecule has 0 bridgehead atoms. The molecule has 43 heavy (non-hydrogen) atoms. The van der Waals surface area contributed by atoms with E-state index in [1.165, 1.54) is 24.9 Å². The predicted molar refractivity (Wildman–Crippen MR) is 168 cm³/mol. The molecule has 1 aromatic carbocycles. The number of nitrogens with zero attached hydrogens (tertiary/aromatic N) is 6. The van der Waals surface area contributed by atoms with Crippen LogP contribution in [-0.4, -0.2) is 61.7 Å². The van der Waals surface area contributed by atoms with Crippen molar-refractivity contribution >= 4 is 14.2 Å². The minimum absolute atomic E-state index is 0.0326. The first-order chi connectivity index (χ1) is 20.6. The molecule has 1 N–H and O–H groups in total. The van der Waals surface area contributed by atoms with Crippen LogP contribution < -0.4 is 4.74 Å². The number of hydrogen-bond donors (Lipinski definition) is 1. The smallest absolute Gasteiger partial charge is 0.272 e. The summed E-state index contributed by atoms with van der Waals surface area (Å²) < 4.78 is 7.89. The third-order valence-corrected chi connectivity index (χ3v) is 12.7. The summed E-state index contributed by atoms with van der Waals surface area (Å²) in [6.45, 7) is 10.5. The Morgan fingerprint density at radius 1 is 1.05 bits per heavy atom. The number of pyridine rings is 1. The van der Waals surface area contributed by atoms with Gasteiger partial charge in [-0.2, -0.15) is 5.10 Å². The van der Waals surface area contributed by atoms with E-state index in [9.17, 15) is 9.59 Å². The zero-order valence-electron chi connectivity index (χ0n) is 25.5. The summed E-state index contributed by atoms with van der Waals surface area (Å²) in [6.07, 6.45) is 9.27. The van der Waals surface area contributed by atoms with Crippen molar-refractivity contribution in [3.63, 3.8) is 0 Å². The van der Waals surface area contributed by atoms with Gasteiger partial charge in [-0.3, -0.25) is 14.5 Å². The standard InChI is InChI=1S/C33H40N6O3Si/c1-33(2,43(3,4)41)15-5-17-38-18-19-39-31(32(38)40)29(30(37-39)28-14-16-34-22-36-28)25-9-11-26(12-10-25)42-21-23-6-13-27(35-20-23)24-7-8-24/h6,9-14,16,20,22,24,41H,5,7-8,15,17-19,21H2,1-4H3. The van der Waals surface area contributed by atoms with Gasteiger partial charge in [0.05, 0.1) is 12.2 Å². The molecule has 2 aliphatic rings. The molecule has 10 heteroatoms. The van der Waals surface area contributed by atoms with Crippen LogP contribution in [0.2, 0.25) is 18.1 Å². The molecule has 1 aliphatic heterocycles. The van der Waals surface area contributed by atoms with Crippen LogP contribution in [0.5, 0.6) is 5.75 Å². The van der Waals surface area contributed by atoms with E-state index in [0.29, 0.717) is 49.2 Å². The Hall–Kier alpha value is -3.89. The molecule has 6 rings (SSSR count). The van der Waals surface area contributed by atoms with Gasteiger partial charge >= 0.3 is 0 Å². The average molecular weight is 597 g/mol. The summed E-state index contributed by atoms with van der Waals surface area (Å²) in [5.41, 5.74) is 5.76. The lowest BCUT2D eigenvalue weighted by Crippen LogP contribution is -2.42. The molecule has 1 saturated carbocycles. The third kappa shape index (κ3) is 6.26. The van der Waals surface area contributed by atoms with Crippen molar-refractivity contribution in [1.29, 1.82) is 0 Å². The van der Waals surface area contributed by atoms with Gasteiger partial charge in [-0.05, 0) is 73.6 Å². The topological polar surface area (TPSA) is 106 Å². The van der Waals surface area contributed by atoms with Gasteiger partial charge in [0.1, 0.15) is 30.1 Å². The number of amides is 1. The maximum absolute atomic E-state index is 14.0. The SMILES string of the molecule is CC(C)(CCCN1CCn2nc(-c3ccncn3)c(-c3ccc(OCc4ccc(C5CC5)nc4)cc3)c2C1=O)[Si](C)(C)O. The number of benzene rings is 1. The maximum atomic E-state index is 14.0. The fraction of sp³-hybridized carbons (Fsp3) is 0.424. The van der Waals surface area contributed by atoms with Gasteiger partial charge in [0.15, 0.2) is 8.32 Å². The van der Waals surface area contributed by atoms with Crippen LogP contribution >= 0.6 is 0 Å². The van der Waals surface area contributed by atoms with Crippen LogP contribution in [0, 0.1) is 0 Å². The van der Waals surface area contributed by atoms with Gasteiger partial charge in [-0.25, -0.2) is 9.97 Å². The second-order valence-corrected chi connectivity index (χ2v) is 17.4. The number of hydrogen-bond acceptors (Lipinski definition) is 7. The Balaban J connectivity index is 1.23. The number of ether oxygens (including phenoxy) is 1. The lowest BCUT2D eigenvalue weighted by atomic mass is 9.99. The molecule has 0 unspecified atom stereocenters. The highest BCUT2D eigenvalue weighted by Crippen LogP contribution is 2.41. The van der Waals surface area contributed by atoms with E-state index in [2.05, 4.69) is 40.9 Å². The quantitative estimate of drug-likeness (QED) is 0.209. The van der Waals surface area contributed by atoms with Crippen molar-refractivity contribution in [2.75, 3.05) is 13.1 Å². The molecule has 3 aromatic heterocycles. The first kappa shape index (κ1) is 29.2. The molecular formula is C33H40N6O3Si. The molecule has 1 fully saturated rings. The Morgan fingerprint density at radius 2 is 1.84 bits per heavy atom. The van der Waals surface area contributed by atoms with Crippen molar-refractivity contribution in [2.24, 2.45) is 0 Å². The second kappa shape index (κ2) is 11.7. The van der Waals surface area contributed by atoms with Gasteiger partial charge in [0, 0.05) is 48.2 Å². The Labute approximate surface area is 254 Å². The van der Waals surface area contributed by atoms with Crippen LogP contribution in [0.4, 0.5) is 0 Å². The fourth-order valence-corrected chi connectivity index (χ4v) is 6.24. The molecule has 224 valence electrons. The van der Waals surface area contributed by atoms with E-state index in [4.69, 9.17) is 9.84 Å². The largest absolute Gasteiger partial charge is 0.489 e. The number of carbonyl (C=O) groups excluding carboxylic acids is 1. The van der Waals surface area contributed by atoms with Crippen LogP contribution in [0.3, 0.4) is 0 Å². The van der Waals surface area contributed by atoms with E-state index in [1.54, 1.807) is 6.20 Å². The zero-order chi connectivity index (χ0) is 30.2. The van der Waals surface area contributed by atoms with Crippen molar-refractivity contribution in [2.45, 2.75) is 76.7 Å². The number of rotatable bonds is 11. The molecule has 4 heterocycles. The average Bonchev–Trinajstić information content (AvgIpc) is 3.77. The first-order valence-corrected chi connectivity index (χ1v) is 18.1. The number of fused-ring (bicyclic) bond motifs is 1. The normalized spacial score (nSPS) is 15.5. The minimum atomic E-state index is -2.31. The molecule has 9 nitrogen and oxygen atoms in total. The lowest BCUT2D eigenvalue weighted by molar-refractivity contribution is 0.0694. The van der Waals surface area contributed by atoms with Gasteiger partial charge in [-0.15, -0.1) is 0 Å². The van der Waals surface area contributed by atoms with Crippen LogP contribution in [0.25, 0.3) is 22.5 Å². The Bertz CT molecular complexity index is 1580. The highest BCUT2D eigenvalue weighted by Gasteiger charge is 2.38. The van der Waals surface area contributed by atoms with E-state index in [0.717, 1.165) is 35.3 Å². The zero-order valence-corrected chi connectivity index (χ0v) is 26.5. The van der Waals surface area contributed by atoms with E-state index >= 15 is 0 Å². The summed E-state index contributed by atoms with van der Waals surface area (Å²) in [4.78, 5) is 39.7. The van der Waals surface area contributed by atoms with Crippen molar-refractivity contribution in [1.82, 2.24) is 29.6 Å². The van der Waals surface area contributed by atoms with Crippen LogP contribution in [-0.2, 0) is 13.2 Å². The fourth-order valence-electron chi connectivity index (χ4n) is 5.45. The highest BCUT2D eigenvalue weighted by molar-refractivity contribution is 6.72. The summed E-state index contributed by atoms with van der Waals surface area (Å²) in [6, 6.07) is 13.8. The van der Waals surface area contributed by atoms with Crippen molar-refractivity contribution in [3.05, 3.63) is 78.1 Å². The van der Waals surface area contributed by atoms with E-state index in [1.807, 2.05) is 59.2 Å². The monoisotopic (exact) mass is 596 g/mol. The first-order valence-electron chi connectivity index (χ1n) is 15.2. The van der Waals surface area contributed by atoms with Gasteiger partial charge in [-0.1, -0.05) is 32.0 Å². The molecule has 4 aromatic rings. The minimum Gasteiger partial charge on any atom is -0.489 e. The number of aromatic nitrogens is 5. The van der Waals surface area contributed by atoms with Gasteiger partial charge < -0.3 is 14.4 Å². The number of carbonyl (C=O) groups is 1. The summed E-state index contributed by atoms with van der Waals surface area (Å²) in [7, 11) is -2.31. The molecule has 0 spiro atoms. The summed E-state index contributed by atoms with van der Waals surface area (Å²) >= 11 is 0. The lowest BCUT2D eigenvalue weighted by Gasteiger charge is -2.36. The van der Waals surface area contributed by atoms with Crippen molar-refractivity contribution < 1.29 is 14.3 Å². The maximum Gasteiger partial charge on any atom is 0.272 e. The molecule has 1 amide bonds. The van der Waals surface area contributed by atoms with Crippen molar-refractivity contribution in [3.8, 4) is 28.3 Å². The Kier molecular flexibility index (Phi) is 7.91. The van der Waals surface area contributed by atoms with Crippen LogP contribution in [0.1, 0.15) is 67.2 Å².